The lowest BCUT2D eigenvalue weighted by molar-refractivity contribution is 0.0500. The Hall–Kier alpha value is -0.900. The molecule has 0 saturated carbocycles. The standard InChI is InChI=1S/C14H21NO2/c1-12-7-8-17-11-14(10-16)15(12)9-13-5-3-2-4-6-13/h2-6,12,14,16H,7-11H2,1H3/t12-,14+/m0/s1. The molecule has 3 heteroatoms. The summed E-state index contributed by atoms with van der Waals surface area (Å²) in [5.74, 6) is 0. The van der Waals surface area contributed by atoms with Crippen LogP contribution in [0.5, 0.6) is 0 Å². The fourth-order valence-corrected chi connectivity index (χ4v) is 2.33. The summed E-state index contributed by atoms with van der Waals surface area (Å²) >= 11 is 0. The fourth-order valence-electron chi connectivity index (χ4n) is 2.33. The van der Waals surface area contributed by atoms with Crippen LogP contribution in [0.25, 0.3) is 0 Å². The van der Waals surface area contributed by atoms with Gasteiger partial charge in [-0.05, 0) is 18.9 Å². The molecule has 1 aliphatic heterocycles. The lowest BCUT2D eigenvalue weighted by Crippen LogP contribution is -2.44. The molecule has 0 bridgehead atoms. The van der Waals surface area contributed by atoms with E-state index in [1.807, 2.05) is 6.07 Å². The van der Waals surface area contributed by atoms with Crippen LogP contribution in [-0.2, 0) is 11.3 Å². The predicted octanol–water partition coefficient (Wildman–Crippen LogP) is 1.66. The van der Waals surface area contributed by atoms with Crippen molar-refractivity contribution in [3.8, 4) is 0 Å². The van der Waals surface area contributed by atoms with Gasteiger partial charge in [-0.1, -0.05) is 30.3 Å². The van der Waals surface area contributed by atoms with Crippen molar-refractivity contribution in [2.75, 3.05) is 19.8 Å². The highest BCUT2D eigenvalue weighted by atomic mass is 16.5. The third kappa shape index (κ3) is 3.28. The molecular weight excluding hydrogens is 214 g/mol. The maximum atomic E-state index is 9.46. The molecule has 1 aliphatic rings. The second-order valence-electron chi connectivity index (χ2n) is 4.71. The van der Waals surface area contributed by atoms with E-state index >= 15 is 0 Å². The van der Waals surface area contributed by atoms with Gasteiger partial charge in [0.1, 0.15) is 0 Å². The van der Waals surface area contributed by atoms with Crippen molar-refractivity contribution in [1.82, 2.24) is 4.90 Å². The minimum absolute atomic E-state index is 0.118. The summed E-state index contributed by atoms with van der Waals surface area (Å²) in [4.78, 5) is 2.35. The number of benzene rings is 1. The Balaban J connectivity index is 2.09. The van der Waals surface area contributed by atoms with Gasteiger partial charge < -0.3 is 9.84 Å². The minimum atomic E-state index is 0.118. The lowest BCUT2D eigenvalue weighted by Gasteiger charge is -2.32. The maximum absolute atomic E-state index is 9.46. The first-order valence-corrected chi connectivity index (χ1v) is 6.29. The van der Waals surface area contributed by atoms with Gasteiger partial charge in [0.15, 0.2) is 0 Å². The third-order valence-corrected chi connectivity index (χ3v) is 3.44. The molecule has 0 unspecified atom stereocenters. The number of aliphatic hydroxyl groups excluding tert-OH is 1. The summed E-state index contributed by atoms with van der Waals surface area (Å²) in [5, 5.41) is 9.46. The summed E-state index contributed by atoms with van der Waals surface area (Å²) in [5.41, 5.74) is 1.29. The predicted molar refractivity (Wildman–Crippen MR) is 67.8 cm³/mol. The van der Waals surface area contributed by atoms with Gasteiger partial charge in [0.05, 0.1) is 19.3 Å². The molecule has 0 spiro atoms. The Bertz CT molecular complexity index is 328. The van der Waals surface area contributed by atoms with Crippen molar-refractivity contribution in [2.45, 2.75) is 32.0 Å². The molecule has 94 valence electrons. The van der Waals surface area contributed by atoms with Crippen molar-refractivity contribution in [3.05, 3.63) is 35.9 Å². The minimum Gasteiger partial charge on any atom is -0.395 e. The average Bonchev–Trinajstić information content (AvgIpc) is 2.54. The van der Waals surface area contributed by atoms with Crippen LogP contribution in [0.1, 0.15) is 18.9 Å². The number of ether oxygens (including phenoxy) is 1. The second-order valence-corrected chi connectivity index (χ2v) is 4.71. The molecule has 2 rings (SSSR count). The summed E-state index contributed by atoms with van der Waals surface area (Å²) < 4.78 is 5.53. The Morgan fingerprint density at radius 3 is 2.82 bits per heavy atom. The topological polar surface area (TPSA) is 32.7 Å². The molecule has 3 nitrogen and oxygen atoms in total. The molecule has 1 aromatic carbocycles. The van der Waals surface area contributed by atoms with Gasteiger partial charge in [-0.2, -0.15) is 0 Å². The van der Waals surface area contributed by atoms with E-state index in [0.717, 1.165) is 19.6 Å². The van der Waals surface area contributed by atoms with Crippen LogP contribution in [0.15, 0.2) is 30.3 Å². The highest BCUT2D eigenvalue weighted by molar-refractivity contribution is 5.14. The molecule has 2 atom stereocenters. The zero-order valence-corrected chi connectivity index (χ0v) is 10.4. The van der Waals surface area contributed by atoms with E-state index in [2.05, 4.69) is 36.1 Å². The fraction of sp³-hybridized carbons (Fsp3) is 0.571. The number of hydrogen-bond acceptors (Lipinski definition) is 3. The van der Waals surface area contributed by atoms with Crippen LogP contribution in [0.2, 0.25) is 0 Å². The number of hydrogen-bond donors (Lipinski definition) is 1. The smallest absolute Gasteiger partial charge is 0.0644 e. The number of rotatable bonds is 3. The van der Waals surface area contributed by atoms with E-state index in [1.54, 1.807) is 0 Å². The van der Waals surface area contributed by atoms with E-state index in [4.69, 9.17) is 4.74 Å². The van der Waals surface area contributed by atoms with Crippen molar-refractivity contribution < 1.29 is 9.84 Å². The zero-order chi connectivity index (χ0) is 12.1. The van der Waals surface area contributed by atoms with E-state index in [9.17, 15) is 5.11 Å². The molecule has 1 fully saturated rings. The van der Waals surface area contributed by atoms with Crippen molar-refractivity contribution in [1.29, 1.82) is 0 Å². The maximum Gasteiger partial charge on any atom is 0.0644 e. The quantitative estimate of drug-likeness (QED) is 0.865. The van der Waals surface area contributed by atoms with E-state index in [1.165, 1.54) is 5.56 Å². The first-order chi connectivity index (χ1) is 8.31. The largest absolute Gasteiger partial charge is 0.395 e. The molecule has 1 N–H and O–H groups in total. The first-order valence-electron chi connectivity index (χ1n) is 6.29. The van der Waals surface area contributed by atoms with E-state index < -0.39 is 0 Å². The molecule has 0 aromatic heterocycles. The molecular formula is C14H21NO2. The van der Waals surface area contributed by atoms with Gasteiger partial charge in [0.25, 0.3) is 0 Å². The van der Waals surface area contributed by atoms with Crippen LogP contribution in [0.4, 0.5) is 0 Å². The Morgan fingerprint density at radius 2 is 2.12 bits per heavy atom. The second kappa shape index (κ2) is 6.15. The van der Waals surface area contributed by atoms with E-state index in [-0.39, 0.29) is 12.6 Å². The highest BCUT2D eigenvalue weighted by Crippen LogP contribution is 2.17. The molecule has 0 aliphatic carbocycles. The molecule has 17 heavy (non-hydrogen) atoms. The highest BCUT2D eigenvalue weighted by Gasteiger charge is 2.25. The van der Waals surface area contributed by atoms with Crippen LogP contribution in [0.3, 0.4) is 0 Å². The van der Waals surface area contributed by atoms with E-state index in [0.29, 0.717) is 12.6 Å². The molecule has 0 amide bonds. The summed E-state index contributed by atoms with van der Waals surface area (Å²) in [6.07, 6.45) is 1.03. The van der Waals surface area contributed by atoms with Crippen molar-refractivity contribution >= 4 is 0 Å². The van der Waals surface area contributed by atoms with Gasteiger partial charge in [-0.25, -0.2) is 0 Å². The zero-order valence-electron chi connectivity index (χ0n) is 10.4. The number of nitrogens with zero attached hydrogens (tertiary/aromatic N) is 1. The van der Waals surface area contributed by atoms with Gasteiger partial charge in [0.2, 0.25) is 0 Å². The molecule has 1 saturated heterocycles. The van der Waals surface area contributed by atoms with Crippen molar-refractivity contribution in [2.24, 2.45) is 0 Å². The van der Waals surface area contributed by atoms with Crippen LogP contribution >= 0.6 is 0 Å². The monoisotopic (exact) mass is 235 g/mol. The number of aliphatic hydroxyl groups is 1. The third-order valence-electron chi connectivity index (χ3n) is 3.44. The van der Waals surface area contributed by atoms with Crippen LogP contribution in [0, 0.1) is 0 Å². The lowest BCUT2D eigenvalue weighted by atomic mass is 10.1. The Morgan fingerprint density at radius 1 is 1.35 bits per heavy atom. The Labute approximate surface area is 103 Å². The van der Waals surface area contributed by atoms with Gasteiger partial charge in [-0.15, -0.1) is 0 Å². The van der Waals surface area contributed by atoms with Gasteiger partial charge in [0, 0.05) is 19.2 Å². The normalized spacial score (nSPS) is 26.7. The molecule has 1 aromatic rings. The Kier molecular flexibility index (Phi) is 4.54. The van der Waals surface area contributed by atoms with Gasteiger partial charge >= 0.3 is 0 Å². The summed E-state index contributed by atoms with van der Waals surface area (Å²) in [7, 11) is 0. The molecule has 0 radical (unpaired) electrons. The summed E-state index contributed by atoms with van der Waals surface area (Å²) in [6, 6.07) is 11.0. The van der Waals surface area contributed by atoms with Crippen LogP contribution in [-0.4, -0.2) is 41.9 Å². The van der Waals surface area contributed by atoms with Gasteiger partial charge in [-0.3, -0.25) is 4.90 Å². The SMILES string of the molecule is C[C@H]1CCOC[C@@H](CO)N1Cc1ccccc1. The molecule has 1 heterocycles. The van der Waals surface area contributed by atoms with Crippen LogP contribution < -0.4 is 0 Å². The average molecular weight is 235 g/mol. The first kappa shape index (κ1) is 12.6. The van der Waals surface area contributed by atoms with Crippen molar-refractivity contribution in [3.63, 3.8) is 0 Å². The summed E-state index contributed by atoms with van der Waals surface area (Å²) in [6.45, 7) is 4.69.